The molecule has 0 saturated carbocycles. The lowest BCUT2D eigenvalue weighted by Gasteiger charge is -1.88. The van der Waals surface area contributed by atoms with E-state index in [1.165, 1.54) is 14.0 Å². The minimum absolute atomic E-state index is 0.0631. The number of oxime groups is 1. The van der Waals surface area contributed by atoms with E-state index in [9.17, 15) is 4.79 Å². The number of carbonyl (C=O) groups excluding carboxylic acids is 1. The number of hydrogen-bond donors (Lipinski definition) is 0. The summed E-state index contributed by atoms with van der Waals surface area (Å²) in [4.78, 5) is 14.7. The number of carbonyl (C=O) groups is 1. The van der Waals surface area contributed by atoms with Crippen molar-refractivity contribution in [3.05, 3.63) is 0 Å². The van der Waals surface area contributed by atoms with Crippen molar-refractivity contribution in [2.45, 2.75) is 27.7 Å². The van der Waals surface area contributed by atoms with Gasteiger partial charge in [-0.05, 0) is 6.92 Å². The molecule has 0 fully saturated rings. The summed E-state index contributed by atoms with van der Waals surface area (Å²) in [6.45, 7) is 7.05. The fraction of sp³-hybridized carbons (Fsp3) is 0.714. The lowest BCUT2D eigenvalue weighted by molar-refractivity contribution is -0.111. The summed E-state index contributed by atoms with van der Waals surface area (Å²) in [5.74, 6) is -0.0631. The molecule has 0 bridgehead atoms. The average molecular weight is 145 g/mol. The van der Waals surface area contributed by atoms with Crippen LogP contribution in [0.15, 0.2) is 5.16 Å². The SMILES string of the molecule is CC.CO/N=C(/C)C(C)=O. The Morgan fingerprint density at radius 1 is 1.30 bits per heavy atom. The van der Waals surface area contributed by atoms with E-state index in [1.54, 1.807) is 6.92 Å². The molecule has 0 rings (SSSR count). The van der Waals surface area contributed by atoms with Crippen LogP contribution in [0, 0.1) is 0 Å². The van der Waals surface area contributed by atoms with Crippen LogP contribution in [0.4, 0.5) is 0 Å². The van der Waals surface area contributed by atoms with Gasteiger partial charge in [0.05, 0.1) is 0 Å². The number of Topliss-reactive ketones (excluding diaryl/α,β-unsaturated/α-hetero) is 1. The van der Waals surface area contributed by atoms with Crippen LogP contribution in [-0.4, -0.2) is 18.6 Å². The zero-order valence-corrected chi connectivity index (χ0v) is 7.26. The first-order valence-electron chi connectivity index (χ1n) is 3.27. The number of hydrogen-bond acceptors (Lipinski definition) is 3. The van der Waals surface area contributed by atoms with Crippen LogP contribution in [0.25, 0.3) is 0 Å². The maximum absolute atomic E-state index is 10.3. The highest BCUT2D eigenvalue weighted by Crippen LogP contribution is 1.78. The molecule has 0 amide bonds. The summed E-state index contributed by atoms with van der Waals surface area (Å²) < 4.78 is 0. The molecule has 60 valence electrons. The quantitative estimate of drug-likeness (QED) is 0.437. The van der Waals surface area contributed by atoms with Gasteiger partial charge in [-0.3, -0.25) is 4.79 Å². The van der Waals surface area contributed by atoms with Crippen LogP contribution >= 0.6 is 0 Å². The van der Waals surface area contributed by atoms with Crippen molar-refractivity contribution in [3.63, 3.8) is 0 Å². The minimum atomic E-state index is -0.0631. The van der Waals surface area contributed by atoms with E-state index in [-0.39, 0.29) is 5.78 Å². The van der Waals surface area contributed by atoms with Crippen molar-refractivity contribution in [2.24, 2.45) is 5.16 Å². The molecule has 0 radical (unpaired) electrons. The molecule has 0 aliphatic heterocycles. The first-order chi connectivity index (χ1) is 4.68. The van der Waals surface area contributed by atoms with Crippen molar-refractivity contribution >= 4 is 11.5 Å². The highest BCUT2D eigenvalue weighted by molar-refractivity contribution is 6.37. The monoisotopic (exact) mass is 145 g/mol. The topological polar surface area (TPSA) is 38.7 Å². The van der Waals surface area contributed by atoms with Crippen LogP contribution in [0.1, 0.15) is 27.7 Å². The molecule has 0 aliphatic carbocycles. The van der Waals surface area contributed by atoms with E-state index in [4.69, 9.17) is 0 Å². The molecule has 0 aromatic carbocycles. The molecule has 10 heavy (non-hydrogen) atoms. The Labute approximate surface area is 62.1 Å². The Morgan fingerprint density at radius 2 is 1.70 bits per heavy atom. The minimum Gasteiger partial charge on any atom is -0.399 e. The van der Waals surface area contributed by atoms with Gasteiger partial charge in [0.1, 0.15) is 12.8 Å². The van der Waals surface area contributed by atoms with Crippen molar-refractivity contribution in [3.8, 4) is 0 Å². The molecule has 0 aromatic heterocycles. The second-order valence-corrected chi connectivity index (χ2v) is 1.42. The van der Waals surface area contributed by atoms with Gasteiger partial charge in [0.2, 0.25) is 0 Å². The van der Waals surface area contributed by atoms with Gasteiger partial charge in [0.25, 0.3) is 0 Å². The van der Waals surface area contributed by atoms with Gasteiger partial charge in [-0.2, -0.15) is 0 Å². The molecule has 0 N–H and O–H groups in total. The third kappa shape index (κ3) is 7.14. The van der Waals surface area contributed by atoms with Crippen LogP contribution in [0.2, 0.25) is 0 Å². The molecule has 0 aliphatic rings. The van der Waals surface area contributed by atoms with Crippen molar-refractivity contribution < 1.29 is 9.63 Å². The Hall–Kier alpha value is -0.860. The lowest BCUT2D eigenvalue weighted by atomic mass is 10.3. The third-order valence-corrected chi connectivity index (χ3v) is 0.738. The average Bonchev–Trinajstić information content (AvgIpc) is 1.93. The largest absolute Gasteiger partial charge is 0.399 e. The van der Waals surface area contributed by atoms with Gasteiger partial charge in [0.15, 0.2) is 5.78 Å². The second-order valence-electron chi connectivity index (χ2n) is 1.42. The summed E-state index contributed by atoms with van der Waals surface area (Å²) in [7, 11) is 1.41. The lowest BCUT2D eigenvalue weighted by Crippen LogP contribution is -2.03. The molecule has 0 saturated heterocycles. The maximum atomic E-state index is 10.3. The Bertz CT molecular complexity index is 119. The molecule has 0 spiro atoms. The first-order valence-corrected chi connectivity index (χ1v) is 3.27. The zero-order chi connectivity index (χ0) is 8.57. The fourth-order valence-corrected chi connectivity index (χ4v) is 0.201. The molecule has 3 nitrogen and oxygen atoms in total. The maximum Gasteiger partial charge on any atom is 0.177 e. The van der Waals surface area contributed by atoms with Gasteiger partial charge in [-0.25, -0.2) is 0 Å². The Morgan fingerprint density at radius 3 is 1.80 bits per heavy atom. The molecular formula is C7H15NO2. The van der Waals surface area contributed by atoms with Gasteiger partial charge < -0.3 is 4.84 Å². The Kier molecular flexibility index (Phi) is 9.67. The molecule has 3 heteroatoms. The molecular weight excluding hydrogens is 130 g/mol. The van der Waals surface area contributed by atoms with Crippen molar-refractivity contribution in [1.29, 1.82) is 0 Å². The second kappa shape index (κ2) is 8.14. The van der Waals surface area contributed by atoms with E-state index >= 15 is 0 Å². The van der Waals surface area contributed by atoms with E-state index in [0.717, 1.165) is 0 Å². The van der Waals surface area contributed by atoms with Crippen LogP contribution in [-0.2, 0) is 9.63 Å². The van der Waals surface area contributed by atoms with Gasteiger partial charge in [-0.15, -0.1) is 0 Å². The predicted molar refractivity (Wildman–Crippen MR) is 42.1 cm³/mol. The summed E-state index contributed by atoms with van der Waals surface area (Å²) in [5.41, 5.74) is 0.396. The van der Waals surface area contributed by atoms with Crippen LogP contribution in [0.3, 0.4) is 0 Å². The molecule has 0 unspecified atom stereocenters. The van der Waals surface area contributed by atoms with Gasteiger partial charge in [0, 0.05) is 6.92 Å². The third-order valence-electron chi connectivity index (χ3n) is 0.738. The van der Waals surface area contributed by atoms with Crippen LogP contribution in [0.5, 0.6) is 0 Å². The Balaban J connectivity index is 0. The highest BCUT2D eigenvalue weighted by atomic mass is 16.6. The van der Waals surface area contributed by atoms with Crippen LogP contribution < -0.4 is 0 Å². The van der Waals surface area contributed by atoms with Crippen molar-refractivity contribution in [1.82, 2.24) is 0 Å². The highest BCUT2D eigenvalue weighted by Gasteiger charge is 1.95. The fourth-order valence-electron chi connectivity index (χ4n) is 0.201. The number of ketones is 1. The smallest absolute Gasteiger partial charge is 0.177 e. The summed E-state index contributed by atoms with van der Waals surface area (Å²) in [6, 6.07) is 0. The standard InChI is InChI=1S/C5H9NO2.C2H6/c1-4(5(2)7)6-8-3;1-2/h1-3H3;1-2H3/b6-4-;. The summed E-state index contributed by atoms with van der Waals surface area (Å²) in [6.07, 6.45) is 0. The van der Waals surface area contributed by atoms with Gasteiger partial charge >= 0.3 is 0 Å². The summed E-state index contributed by atoms with van der Waals surface area (Å²) >= 11 is 0. The van der Waals surface area contributed by atoms with E-state index in [1.807, 2.05) is 13.8 Å². The normalized spacial score (nSPS) is 9.50. The molecule has 0 atom stereocenters. The first kappa shape index (κ1) is 11.9. The van der Waals surface area contributed by atoms with E-state index in [2.05, 4.69) is 9.99 Å². The number of nitrogens with zero attached hydrogens (tertiary/aromatic N) is 1. The summed E-state index contributed by atoms with van der Waals surface area (Å²) in [5, 5.41) is 3.39. The van der Waals surface area contributed by atoms with Gasteiger partial charge in [-0.1, -0.05) is 19.0 Å². The zero-order valence-electron chi connectivity index (χ0n) is 7.26. The van der Waals surface area contributed by atoms with E-state index < -0.39 is 0 Å². The predicted octanol–water partition coefficient (Wildman–Crippen LogP) is 1.62. The van der Waals surface area contributed by atoms with Crippen molar-refractivity contribution in [2.75, 3.05) is 7.11 Å². The van der Waals surface area contributed by atoms with E-state index in [0.29, 0.717) is 5.71 Å². The molecule has 0 aromatic rings. The number of rotatable bonds is 2. The molecule has 0 heterocycles.